The Morgan fingerprint density at radius 3 is 2.71 bits per heavy atom. The van der Waals surface area contributed by atoms with Crippen LogP contribution in [0.5, 0.6) is 5.75 Å². The van der Waals surface area contributed by atoms with Crippen LogP contribution in [0, 0.1) is 0 Å². The smallest absolute Gasteiger partial charge is 0.191 e. The van der Waals surface area contributed by atoms with E-state index in [9.17, 15) is 0 Å². The van der Waals surface area contributed by atoms with Crippen molar-refractivity contribution >= 4 is 5.96 Å². The molecule has 7 nitrogen and oxygen atoms in total. The molecule has 1 aromatic carbocycles. The number of aliphatic imine (C=N–C) groups is 1. The lowest BCUT2D eigenvalue weighted by Gasteiger charge is -2.33. The second kappa shape index (κ2) is 12.4. The molecule has 0 bridgehead atoms. The Kier molecular flexibility index (Phi) is 9.24. The lowest BCUT2D eigenvalue weighted by atomic mass is 10.1. The quantitative estimate of drug-likeness (QED) is 0.449. The summed E-state index contributed by atoms with van der Waals surface area (Å²) in [5, 5.41) is 6.90. The molecule has 1 aromatic heterocycles. The van der Waals surface area contributed by atoms with Crippen molar-refractivity contribution < 1.29 is 9.15 Å². The molecule has 1 aliphatic rings. The molecule has 2 heterocycles. The van der Waals surface area contributed by atoms with Crippen LogP contribution in [0.3, 0.4) is 0 Å². The number of ether oxygens (including phenoxy) is 1. The van der Waals surface area contributed by atoms with E-state index < -0.39 is 0 Å². The number of benzene rings is 1. The van der Waals surface area contributed by atoms with E-state index in [1.54, 1.807) is 13.3 Å². The minimum Gasteiger partial charge on any atom is -0.492 e. The zero-order valence-corrected chi connectivity index (χ0v) is 19.1. The van der Waals surface area contributed by atoms with Gasteiger partial charge in [-0.15, -0.1) is 0 Å². The van der Waals surface area contributed by atoms with Crippen molar-refractivity contribution in [3.05, 3.63) is 54.0 Å². The van der Waals surface area contributed by atoms with Crippen molar-refractivity contribution in [3.63, 3.8) is 0 Å². The molecule has 1 aliphatic heterocycles. The Hall–Kier alpha value is -2.51. The molecule has 1 fully saturated rings. The summed E-state index contributed by atoms with van der Waals surface area (Å²) < 4.78 is 11.6. The number of nitrogens with zero attached hydrogens (tertiary/aromatic N) is 3. The molecule has 3 rings (SSSR count). The van der Waals surface area contributed by atoms with Gasteiger partial charge in [-0.3, -0.25) is 9.89 Å². The summed E-state index contributed by atoms with van der Waals surface area (Å²) >= 11 is 0. The van der Waals surface area contributed by atoms with E-state index in [-0.39, 0.29) is 6.04 Å². The highest BCUT2D eigenvalue weighted by atomic mass is 16.5. The van der Waals surface area contributed by atoms with E-state index in [1.165, 1.54) is 19.3 Å². The SMILES string of the molecule is CN=C(NCc1cccc(OCCN(C)C)c1)NCC(c1ccco1)N1CCCCC1. The number of guanidine groups is 1. The first-order valence-corrected chi connectivity index (χ1v) is 11.2. The standard InChI is InChI=1S/C24H37N5O2/c1-25-24(26-18-20-9-7-10-21(17-20)30-16-14-28(2)3)27-19-22(23-11-8-15-31-23)29-12-5-4-6-13-29/h7-11,15,17,22H,4-6,12-14,16,18-19H2,1-3H3,(H2,25,26,27). The largest absolute Gasteiger partial charge is 0.492 e. The van der Waals surface area contributed by atoms with E-state index in [4.69, 9.17) is 9.15 Å². The Labute approximate surface area is 186 Å². The zero-order valence-electron chi connectivity index (χ0n) is 19.1. The van der Waals surface area contributed by atoms with Gasteiger partial charge in [-0.05, 0) is 69.9 Å². The minimum atomic E-state index is 0.210. The number of furan rings is 1. The van der Waals surface area contributed by atoms with Gasteiger partial charge in [0.2, 0.25) is 0 Å². The van der Waals surface area contributed by atoms with Crippen LogP contribution in [-0.2, 0) is 6.54 Å². The minimum absolute atomic E-state index is 0.210. The number of hydrogen-bond acceptors (Lipinski definition) is 5. The van der Waals surface area contributed by atoms with E-state index in [0.717, 1.165) is 49.2 Å². The van der Waals surface area contributed by atoms with Gasteiger partial charge < -0.3 is 24.7 Å². The summed E-state index contributed by atoms with van der Waals surface area (Å²) in [7, 11) is 5.90. The molecular formula is C24H37N5O2. The summed E-state index contributed by atoms with van der Waals surface area (Å²) in [4.78, 5) is 9.02. The molecule has 0 aliphatic carbocycles. The molecule has 1 atom stereocenters. The van der Waals surface area contributed by atoms with Crippen LogP contribution in [0.15, 0.2) is 52.1 Å². The van der Waals surface area contributed by atoms with E-state index >= 15 is 0 Å². The monoisotopic (exact) mass is 427 g/mol. The first-order chi connectivity index (χ1) is 15.2. The fourth-order valence-electron chi connectivity index (χ4n) is 3.81. The highest BCUT2D eigenvalue weighted by Crippen LogP contribution is 2.24. The molecule has 7 heteroatoms. The molecule has 170 valence electrons. The molecule has 0 saturated carbocycles. The molecule has 1 unspecified atom stereocenters. The van der Waals surface area contributed by atoms with Crippen molar-refractivity contribution in [2.45, 2.75) is 31.8 Å². The highest BCUT2D eigenvalue weighted by Gasteiger charge is 2.24. The highest BCUT2D eigenvalue weighted by molar-refractivity contribution is 5.79. The van der Waals surface area contributed by atoms with Gasteiger partial charge in [-0.1, -0.05) is 18.6 Å². The van der Waals surface area contributed by atoms with Gasteiger partial charge in [0.05, 0.1) is 12.3 Å². The van der Waals surface area contributed by atoms with E-state index in [2.05, 4.69) is 43.6 Å². The van der Waals surface area contributed by atoms with Crippen molar-refractivity contribution in [3.8, 4) is 5.75 Å². The van der Waals surface area contributed by atoms with Crippen molar-refractivity contribution in [2.24, 2.45) is 4.99 Å². The van der Waals surface area contributed by atoms with Crippen LogP contribution in [0.1, 0.15) is 36.6 Å². The maximum absolute atomic E-state index is 5.85. The van der Waals surface area contributed by atoms with Crippen LogP contribution in [0.25, 0.3) is 0 Å². The molecule has 1 saturated heterocycles. The summed E-state index contributed by atoms with van der Waals surface area (Å²) in [5.74, 6) is 2.69. The van der Waals surface area contributed by atoms with E-state index in [0.29, 0.717) is 13.2 Å². The molecule has 0 spiro atoms. The maximum atomic E-state index is 5.85. The summed E-state index contributed by atoms with van der Waals surface area (Å²) in [6, 6.07) is 12.4. The Balaban J connectivity index is 1.51. The lowest BCUT2D eigenvalue weighted by Crippen LogP contribution is -2.44. The van der Waals surface area contributed by atoms with Gasteiger partial charge in [-0.25, -0.2) is 0 Å². The number of likely N-dealkylation sites (tertiary alicyclic amines) is 1. The fraction of sp³-hybridized carbons (Fsp3) is 0.542. The average Bonchev–Trinajstić information content (AvgIpc) is 3.31. The third-order valence-electron chi connectivity index (χ3n) is 5.56. The van der Waals surface area contributed by atoms with Crippen molar-refractivity contribution in [1.82, 2.24) is 20.4 Å². The molecule has 0 radical (unpaired) electrons. The molecule has 2 N–H and O–H groups in total. The Morgan fingerprint density at radius 1 is 1.16 bits per heavy atom. The molecule has 31 heavy (non-hydrogen) atoms. The second-order valence-corrected chi connectivity index (χ2v) is 8.23. The van der Waals surface area contributed by atoms with Crippen molar-refractivity contribution in [2.75, 3.05) is 53.9 Å². The lowest BCUT2D eigenvalue weighted by molar-refractivity contribution is 0.146. The van der Waals surface area contributed by atoms with Gasteiger partial charge in [0.15, 0.2) is 5.96 Å². The summed E-state index contributed by atoms with van der Waals surface area (Å²) in [6.07, 6.45) is 5.57. The van der Waals surface area contributed by atoms with E-state index in [1.807, 2.05) is 32.3 Å². The summed E-state index contributed by atoms with van der Waals surface area (Å²) in [6.45, 7) is 5.23. The molecular weight excluding hydrogens is 390 g/mol. The predicted molar refractivity (Wildman–Crippen MR) is 126 cm³/mol. The summed E-state index contributed by atoms with van der Waals surface area (Å²) in [5.41, 5.74) is 1.16. The number of nitrogens with one attached hydrogen (secondary N) is 2. The Morgan fingerprint density at radius 2 is 2.00 bits per heavy atom. The third-order valence-corrected chi connectivity index (χ3v) is 5.56. The maximum Gasteiger partial charge on any atom is 0.191 e. The van der Waals surface area contributed by atoms with Gasteiger partial charge in [-0.2, -0.15) is 0 Å². The van der Waals surface area contributed by atoms with Crippen LogP contribution in [-0.4, -0.2) is 69.7 Å². The van der Waals surface area contributed by atoms with Crippen LogP contribution in [0.2, 0.25) is 0 Å². The van der Waals surface area contributed by atoms with Crippen molar-refractivity contribution in [1.29, 1.82) is 0 Å². The fourth-order valence-corrected chi connectivity index (χ4v) is 3.81. The van der Waals surface area contributed by atoms with Gasteiger partial charge in [0.25, 0.3) is 0 Å². The van der Waals surface area contributed by atoms with Gasteiger partial charge in [0, 0.05) is 26.7 Å². The first-order valence-electron chi connectivity index (χ1n) is 11.2. The van der Waals surface area contributed by atoms with Gasteiger partial charge >= 0.3 is 0 Å². The predicted octanol–water partition coefficient (Wildman–Crippen LogP) is 3.11. The topological polar surface area (TPSA) is 65.3 Å². The third kappa shape index (κ3) is 7.60. The number of piperidine rings is 1. The van der Waals surface area contributed by atoms with Crippen LogP contribution >= 0.6 is 0 Å². The number of hydrogen-bond donors (Lipinski definition) is 2. The molecule has 2 aromatic rings. The second-order valence-electron chi connectivity index (χ2n) is 8.23. The Bertz CT molecular complexity index is 785. The first kappa shape index (κ1) is 23.2. The zero-order chi connectivity index (χ0) is 21.9. The normalized spacial score (nSPS) is 16.3. The average molecular weight is 428 g/mol. The van der Waals surface area contributed by atoms with Gasteiger partial charge in [0.1, 0.15) is 18.1 Å². The number of rotatable bonds is 10. The van der Waals surface area contributed by atoms with Crippen LogP contribution in [0.4, 0.5) is 0 Å². The van der Waals surface area contributed by atoms with Crippen LogP contribution < -0.4 is 15.4 Å². The number of likely N-dealkylation sites (N-methyl/N-ethyl adjacent to an activating group) is 1. The molecule has 0 amide bonds.